The highest BCUT2D eigenvalue weighted by Gasteiger charge is 2.30. The third kappa shape index (κ3) is 3.59. The van der Waals surface area contributed by atoms with Crippen molar-refractivity contribution < 1.29 is 13.2 Å². The van der Waals surface area contributed by atoms with Crippen LogP contribution >= 0.6 is 11.3 Å². The van der Waals surface area contributed by atoms with Crippen molar-refractivity contribution in [2.75, 3.05) is 26.7 Å². The normalized spacial score (nSPS) is 21.2. The lowest BCUT2D eigenvalue weighted by Gasteiger charge is -2.30. The summed E-state index contributed by atoms with van der Waals surface area (Å²) in [5.41, 5.74) is 0. The van der Waals surface area contributed by atoms with Crippen LogP contribution in [-0.2, 0) is 21.3 Å². The molecular weight excluding hydrogens is 296 g/mol. The maximum Gasteiger partial charge on any atom is 0.243 e. The number of methoxy groups -OCH3 is 1. The molecule has 0 spiro atoms. The number of hydrogen-bond donors (Lipinski definition) is 1. The lowest BCUT2D eigenvalue weighted by atomic mass is 10.1. The van der Waals surface area contributed by atoms with Crippen molar-refractivity contribution in [3.8, 4) is 0 Å². The van der Waals surface area contributed by atoms with Crippen molar-refractivity contribution in [1.82, 2.24) is 9.62 Å². The number of thiophene rings is 1. The minimum Gasteiger partial charge on any atom is -0.380 e. The first-order valence-corrected chi connectivity index (χ1v) is 9.21. The second-order valence-corrected chi connectivity index (χ2v) is 7.83. The molecule has 5 nitrogen and oxygen atoms in total. The molecule has 0 aliphatic carbocycles. The van der Waals surface area contributed by atoms with E-state index in [0.717, 1.165) is 30.8 Å². The van der Waals surface area contributed by atoms with Gasteiger partial charge in [0.2, 0.25) is 10.0 Å². The maximum atomic E-state index is 12.6. The molecule has 1 aliphatic rings. The molecule has 2 rings (SSSR count). The minimum absolute atomic E-state index is 0.0124. The van der Waals surface area contributed by atoms with Crippen LogP contribution in [0, 0.1) is 0 Å². The zero-order valence-electron chi connectivity index (χ0n) is 12.0. The maximum absolute atomic E-state index is 12.6. The van der Waals surface area contributed by atoms with Crippen molar-refractivity contribution in [3.63, 3.8) is 0 Å². The number of nitrogens with zero attached hydrogens (tertiary/aromatic N) is 1. The van der Waals surface area contributed by atoms with E-state index in [0.29, 0.717) is 18.0 Å². The Morgan fingerprint density at radius 3 is 3.05 bits per heavy atom. The summed E-state index contributed by atoms with van der Waals surface area (Å²) >= 11 is 1.49. The fourth-order valence-corrected chi connectivity index (χ4v) is 5.04. The second kappa shape index (κ2) is 7.00. The average Bonchev–Trinajstić information content (AvgIpc) is 2.94. The quantitative estimate of drug-likeness (QED) is 0.866. The molecule has 1 fully saturated rings. The Morgan fingerprint density at radius 2 is 2.35 bits per heavy atom. The first-order chi connectivity index (χ1) is 9.57. The van der Waals surface area contributed by atoms with Gasteiger partial charge in [-0.25, -0.2) is 8.42 Å². The molecule has 0 amide bonds. The Hall–Kier alpha value is -0.470. The summed E-state index contributed by atoms with van der Waals surface area (Å²) in [7, 11) is -1.73. The molecule has 7 heteroatoms. The van der Waals surface area contributed by atoms with Crippen LogP contribution in [0.5, 0.6) is 0 Å². The molecule has 1 aromatic rings. The molecule has 0 aromatic carbocycles. The lowest BCUT2D eigenvalue weighted by Crippen LogP contribution is -2.42. The molecule has 1 atom stereocenters. The summed E-state index contributed by atoms with van der Waals surface area (Å²) in [5.74, 6) is 0. The first-order valence-electron chi connectivity index (χ1n) is 6.89. The summed E-state index contributed by atoms with van der Waals surface area (Å²) < 4.78 is 32.0. The molecule has 114 valence electrons. The fourth-order valence-electron chi connectivity index (χ4n) is 2.30. The Morgan fingerprint density at radius 1 is 1.55 bits per heavy atom. The predicted molar refractivity (Wildman–Crippen MR) is 80.5 cm³/mol. The van der Waals surface area contributed by atoms with Gasteiger partial charge in [0.25, 0.3) is 0 Å². The predicted octanol–water partition coefficient (Wildman–Crippen LogP) is 1.66. The Balaban J connectivity index is 2.11. The fraction of sp³-hybridized carbons (Fsp3) is 0.692. The van der Waals surface area contributed by atoms with E-state index in [-0.39, 0.29) is 6.10 Å². The van der Waals surface area contributed by atoms with Gasteiger partial charge in [-0.3, -0.25) is 0 Å². The van der Waals surface area contributed by atoms with E-state index in [2.05, 4.69) is 5.32 Å². The number of ether oxygens (including phenoxy) is 1. The van der Waals surface area contributed by atoms with Crippen LogP contribution in [0.1, 0.15) is 24.6 Å². The molecule has 0 radical (unpaired) electrons. The smallest absolute Gasteiger partial charge is 0.243 e. The lowest BCUT2D eigenvalue weighted by molar-refractivity contribution is 0.0572. The Labute approximate surface area is 125 Å². The van der Waals surface area contributed by atoms with E-state index in [1.807, 2.05) is 6.92 Å². The second-order valence-electron chi connectivity index (χ2n) is 4.89. The van der Waals surface area contributed by atoms with Crippen LogP contribution in [-0.4, -0.2) is 45.6 Å². The van der Waals surface area contributed by atoms with Gasteiger partial charge in [0.1, 0.15) is 0 Å². The number of sulfonamides is 1. The standard InChI is InChI=1S/C13H22N2O3S2/c1-3-14-8-12-7-13(10-19-12)20(16,17)15-6-4-5-11(9-15)18-2/h7,10-11,14H,3-6,8-9H2,1-2H3. The summed E-state index contributed by atoms with van der Waals surface area (Å²) in [4.78, 5) is 1.46. The van der Waals surface area contributed by atoms with Crippen molar-refractivity contribution >= 4 is 21.4 Å². The zero-order valence-corrected chi connectivity index (χ0v) is 13.6. The highest BCUT2D eigenvalue weighted by atomic mass is 32.2. The van der Waals surface area contributed by atoms with Crippen LogP contribution in [0.15, 0.2) is 16.3 Å². The summed E-state index contributed by atoms with van der Waals surface area (Å²) in [6.07, 6.45) is 1.79. The summed E-state index contributed by atoms with van der Waals surface area (Å²) in [5, 5.41) is 4.94. The number of piperidine rings is 1. The molecule has 20 heavy (non-hydrogen) atoms. The summed E-state index contributed by atoms with van der Waals surface area (Å²) in [6, 6.07) is 1.78. The van der Waals surface area contributed by atoms with E-state index in [1.54, 1.807) is 22.9 Å². The molecule has 2 heterocycles. The molecule has 1 N–H and O–H groups in total. The van der Waals surface area contributed by atoms with Crippen LogP contribution in [0.2, 0.25) is 0 Å². The van der Waals surface area contributed by atoms with E-state index in [9.17, 15) is 8.42 Å². The number of nitrogens with one attached hydrogen (secondary N) is 1. The Bertz CT molecular complexity index is 527. The largest absolute Gasteiger partial charge is 0.380 e. The van der Waals surface area contributed by atoms with E-state index in [1.165, 1.54) is 11.3 Å². The molecule has 1 unspecified atom stereocenters. The molecular formula is C13H22N2O3S2. The highest BCUT2D eigenvalue weighted by molar-refractivity contribution is 7.89. The van der Waals surface area contributed by atoms with Gasteiger partial charge in [-0.15, -0.1) is 11.3 Å². The van der Waals surface area contributed by atoms with E-state index in [4.69, 9.17) is 4.74 Å². The Kier molecular flexibility index (Phi) is 5.57. The third-order valence-corrected chi connectivity index (χ3v) is 6.42. The van der Waals surface area contributed by atoms with Gasteiger partial charge in [0, 0.05) is 37.0 Å². The average molecular weight is 318 g/mol. The highest BCUT2D eigenvalue weighted by Crippen LogP contribution is 2.25. The van der Waals surface area contributed by atoms with E-state index >= 15 is 0 Å². The van der Waals surface area contributed by atoms with Gasteiger partial charge >= 0.3 is 0 Å². The molecule has 0 bridgehead atoms. The van der Waals surface area contributed by atoms with Crippen molar-refractivity contribution in [1.29, 1.82) is 0 Å². The van der Waals surface area contributed by atoms with Crippen LogP contribution in [0.4, 0.5) is 0 Å². The van der Waals surface area contributed by atoms with Gasteiger partial charge in [-0.2, -0.15) is 4.31 Å². The van der Waals surface area contributed by atoms with Gasteiger partial charge in [-0.05, 0) is 25.5 Å². The number of rotatable bonds is 6. The topological polar surface area (TPSA) is 58.6 Å². The first kappa shape index (κ1) is 15.9. The molecule has 1 aromatic heterocycles. The van der Waals surface area contributed by atoms with Gasteiger partial charge in [0.15, 0.2) is 0 Å². The van der Waals surface area contributed by atoms with Crippen LogP contribution < -0.4 is 5.32 Å². The van der Waals surface area contributed by atoms with E-state index < -0.39 is 10.0 Å². The van der Waals surface area contributed by atoms with Crippen LogP contribution in [0.3, 0.4) is 0 Å². The zero-order chi connectivity index (χ0) is 14.6. The van der Waals surface area contributed by atoms with Gasteiger partial charge < -0.3 is 10.1 Å². The SMILES string of the molecule is CCNCc1cc(S(=O)(=O)N2CCCC(OC)C2)cs1. The molecule has 0 saturated carbocycles. The van der Waals surface area contributed by atoms with Gasteiger partial charge in [-0.1, -0.05) is 6.92 Å². The number of hydrogen-bond acceptors (Lipinski definition) is 5. The third-order valence-electron chi connectivity index (χ3n) is 3.49. The molecule has 1 aliphatic heterocycles. The van der Waals surface area contributed by atoms with Crippen molar-refractivity contribution in [3.05, 3.63) is 16.3 Å². The monoisotopic (exact) mass is 318 g/mol. The molecule has 1 saturated heterocycles. The van der Waals surface area contributed by atoms with Gasteiger partial charge in [0.05, 0.1) is 11.0 Å². The minimum atomic E-state index is -3.37. The van der Waals surface area contributed by atoms with Crippen molar-refractivity contribution in [2.24, 2.45) is 0 Å². The van der Waals surface area contributed by atoms with Crippen molar-refractivity contribution in [2.45, 2.75) is 37.3 Å². The summed E-state index contributed by atoms with van der Waals surface area (Å²) in [6.45, 7) is 4.67. The van der Waals surface area contributed by atoms with Crippen LogP contribution in [0.25, 0.3) is 0 Å².